The Hall–Kier alpha value is -1.93. The molecule has 1 unspecified atom stereocenters. The number of aromatic nitrogens is 2. The molecule has 1 fully saturated rings. The average molecular weight is 296 g/mol. The molecule has 0 bridgehead atoms. The first-order valence-corrected chi connectivity index (χ1v) is 6.93. The van der Waals surface area contributed by atoms with E-state index in [1.165, 1.54) is 17.1 Å². The highest BCUT2D eigenvalue weighted by Gasteiger charge is 2.17. The van der Waals surface area contributed by atoms with E-state index in [0.717, 1.165) is 32.8 Å². The number of ether oxygens (including phenoxy) is 1. The Balaban J connectivity index is 1.77. The van der Waals surface area contributed by atoms with Gasteiger partial charge in [0, 0.05) is 32.4 Å². The van der Waals surface area contributed by atoms with Crippen LogP contribution < -0.4 is 5.32 Å². The lowest BCUT2D eigenvalue weighted by atomic mass is 10.3. The van der Waals surface area contributed by atoms with Crippen molar-refractivity contribution in [3.63, 3.8) is 0 Å². The standard InChI is InChI=1S/C13H20N4O4/c1-10(17-9-11(8-15-17)13(19)20)12(18)14-2-3-16-4-6-21-7-5-16/h8-10H,2-7H2,1H3,(H,14,18)(H,19,20). The predicted octanol–water partition coefficient (Wildman–Crippen LogP) is -0.409. The number of carbonyl (C=O) groups is 2. The molecule has 1 aromatic heterocycles. The van der Waals surface area contributed by atoms with Gasteiger partial charge in [-0.05, 0) is 6.92 Å². The summed E-state index contributed by atoms with van der Waals surface area (Å²) in [6.07, 6.45) is 2.59. The van der Waals surface area contributed by atoms with Gasteiger partial charge in [-0.2, -0.15) is 5.10 Å². The van der Waals surface area contributed by atoms with Gasteiger partial charge in [0.1, 0.15) is 6.04 Å². The van der Waals surface area contributed by atoms with Crippen LogP contribution in [0.1, 0.15) is 23.3 Å². The maximum Gasteiger partial charge on any atom is 0.338 e. The summed E-state index contributed by atoms with van der Waals surface area (Å²) < 4.78 is 6.61. The van der Waals surface area contributed by atoms with Gasteiger partial charge in [0.2, 0.25) is 5.91 Å². The van der Waals surface area contributed by atoms with Crippen molar-refractivity contribution in [3.05, 3.63) is 18.0 Å². The van der Waals surface area contributed by atoms with E-state index in [1.807, 2.05) is 0 Å². The number of hydrogen-bond donors (Lipinski definition) is 2. The summed E-state index contributed by atoms with van der Waals surface area (Å²) in [6, 6.07) is -0.539. The Morgan fingerprint density at radius 2 is 2.19 bits per heavy atom. The van der Waals surface area contributed by atoms with Gasteiger partial charge in [0.05, 0.1) is 25.0 Å². The number of morpholine rings is 1. The van der Waals surface area contributed by atoms with Crippen LogP contribution in [0.25, 0.3) is 0 Å². The molecular weight excluding hydrogens is 276 g/mol. The van der Waals surface area contributed by atoms with E-state index < -0.39 is 12.0 Å². The number of carboxylic acids is 1. The van der Waals surface area contributed by atoms with E-state index in [2.05, 4.69) is 15.3 Å². The summed E-state index contributed by atoms with van der Waals surface area (Å²) in [5.41, 5.74) is 0.0722. The Morgan fingerprint density at radius 3 is 2.81 bits per heavy atom. The third kappa shape index (κ3) is 4.27. The molecule has 2 N–H and O–H groups in total. The molecule has 21 heavy (non-hydrogen) atoms. The van der Waals surface area contributed by atoms with Crippen LogP contribution in [-0.2, 0) is 9.53 Å². The SMILES string of the molecule is CC(C(=O)NCCN1CCOCC1)n1cc(C(=O)O)cn1. The molecule has 116 valence electrons. The van der Waals surface area contributed by atoms with E-state index in [9.17, 15) is 9.59 Å². The van der Waals surface area contributed by atoms with Gasteiger partial charge >= 0.3 is 5.97 Å². The lowest BCUT2D eigenvalue weighted by molar-refractivity contribution is -0.124. The smallest absolute Gasteiger partial charge is 0.338 e. The van der Waals surface area contributed by atoms with Crippen LogP contribution in [0, 0.1) is 0 Å². The first-order valence-electron chi connectivity index (χ1n) is 6.93. The third-order valence-corrected chi connectivity index (χ3v) is 3.46. The molecule has 2 rings (SSSR count). The summed E-state index contributed by atoms with van der Waals surface area (Å²) in [4.78, 5) is 25.0. The second-order valence-corrected chi connectivity index (χ2v) is 4.94. The molecule has 1 saturated heterocycles. The molecule has 0 radical (unpaired) electrons. The molecule has 0 aromatic carbocycles. The number of carbonyl (C=O) groups excluding carboxylic acids is 1. The van der Waals surface area contributed by atoms with Crippen LogP contribution in [0.15, 0.2) is 12.4 Å². The van der Waals surface area contributed by atoms with Crippen molar-refractivity contribution in [3.8, 4) is 0 Å². The first-order chi connectivity index (χ1) is 10.1. The highest BCUT2D eigenvalue weighted by Crippen LogP contribution is 2.06. The third-order valence-electron chi connectivity index (χ3n) is 3.46. The highest BCUT2D eigenvalue weighted by atomic mass is 16.5. The molecule has 1 amide bonds. The van der Waals surface area contributed by atoms with Gasteiger partial charge in [-0.15, -0.1) is 0 Å². The van der Waals surface area contributed by atoms with E-state index in [1.54, 1.807) is 6.92 Å². The van der Waals surface area contributed by atoms with Gasteiger partial charge in [0.15, 0.2) is 0 Å². The molecular formula is C13H20N4O4. The number of rotatable bonds is 6. The van der Waals surface area contributed by atoms with Gasteiger partial charge in [-0.25, -0.2) is 4.79 Å². The number of amides is 1. The van der Waals surface area contributed by atoms with Gasteiger partial charge in [0.25, 0.3) is 0 Å². The summed E-state index contributed by atoms with van der Waals surface area (Å²) in [6.45, 7) is 6.24. The zero-order chi connectivity index (χ0) is 15.2. The number of aromatic carboxylic acids is 1. The van der Waals surface area contributed by atoms with Crippen molar-refractivity contribution in [1.82, 2.24) is 20.0 Å². The van der Waals surface area contributed by atoms with Gasteiger partial charge in [-0.3, -0.25) is 14.4 Å². The predicted molar refractivity (Wildman–Crippen MR) is 74.2 cm³/mol. The average Bonchev–Trinajstić information content (AvgIpc) is 2.97. The van der Waals surface area contributed by atoms with Crippen LogP contribution in [0.5, 0.6) is 0 Å². The summed E-state index contributed by atoms with van der Waals surface area (Å²) in [5.74, 6) is -1.23. The normalized spacial score (nSPS) is 17.4. The van der Waals surface area contributed by atoms with Crippen molar-refractivity contribution >= 4 is 11.9 Å². The lowest BCUT2D eigenvalue weighted by Gasteiger charge is -2.26. The van der Waals surface area contributed by atoms with E-state index in [0.29, 0.717) is 6.54 Å². The van der Waals surface area contributed by atoms with Crippen molar-refractivity contribution in [1.29, 1.82) is 0 Å². The molecule has 1 atom stereocenters. The fourth-order valence-corrected chi connectivity index (χ4v) is 2.09. The molecule has 1 aliphatic rings. The van der Waals surface area contributed by atoms with Crippen molar-refractivity contribution in [2.75, 3.05) is 39.4 Å². The second-order valence-electron chi connectivity index (χ2n) is 4.94. The Kier molecular flexibility index (Phi) is 5.29. The molecule has 1 aliphatic heterocycles. The number of carboxylic acid groups (broad SMARTS) is 1. The minimum Gasteiger partial charge on any atom is -0.478 e. The molecule has 0 aliphatic carbocycles. The van der Waals surface area contributed by atoms with Crippen molar-refractivity contribution < 1.29 is 19.4 Å². The topological polar surface area (TPSA) is 96.7 Å². The Bertz CT molecular complexity index is 496. The summed E-state index contributed by atoms with van der Waals surface area (Å²) >= 11 is 0. The molecule has 8 nitrogen and oxygen atoms in total. The van der Waals surface area contributed by atoms with E-state index in [4.69, 9.17) is 9.84 Å². The number of nitrogens with zero attached hydrogens (tertiary/aromatic N) is 3. The molecule has 0 saturated carbocycles. The maximum atomic E-state index is 12.0. The molecule has 1 aromatic rings. The monoisotopic (exact) mass is 296 g/mol. The first kappa shape index (κ1) is 15.5. The van der Waals surface area contributed by atoms with Gasteiger partial charge in [-0.1, -0.05) is 0 Å². The Labute approximate surface area is 122 Å². The second kappa shape index (κ2) is 7.19. The van der Waals surface area contributed by atoms with E-state index in [-0.39, 0.29) is 11.5 Å². The molecule has 8 heteroatoms. The van der Waals surface area contributed by atoms with Gasteiger partial charge < -0.3 is 15.2 Å². The van der Waals surface area contributed by atoms with Crippen LogP contribution in [-0.4, -0.2) is 71.1 Å². The highest BCUT2D eigenvalue weighted by molar-refractivity contribution is 5.87. The Morgan fingerprint density at radius 1 is 1.48 bits per heavy atom. The van der Waals surface area contributed by atoms with Crippen molar-refractivity contribution in [2.45, 2.75) is 13.0 Å². The fraction of sp³-hybridized carbons (Fsp3) is 0.615. The van der Waals surface area contributed by atoms with Crippen molar-refractivity contribution in [2.24, 2.45) is 0 Å². The van der Waals surface area contributed by atoms with Crippen LogP contribution in [0.4, 0.5) is 0 Å². The van der Waals surface area contributed by atoms with Crippen LogP contribution in [0.3, 0.4) is 0 Å². The fourth-order valence-electron chi connectivity index (χ4n) is 2.09. The maximum absolute atomic E-state index is 12.0. The summed E-state index contributed by atoms with van der Waals surface area (Å²) in [7, 11) is 0. The molecule has 0 spiro atoms. The molecule has 2 heterocycles. The minimum absolute atomic E-state index is 0.0722. The zero-order valence-corrected chi connectivity index (χ0v) is 12.0. The largest absolute Gasteiger partial charge is 0.478 e. The van der Waals surface area contributed by atoms with Crippen LogP contribution in [0.2, 0.25) is 0 Å². The number of nitrogens with one attached hydrogen (secondary N) is 1. The summed E-state index contributed by atoms with van der Waals surface area (Å²) in [5, 5.41) is 15.6. The lowest BCUT2D eigenvalue weighted by Crippen LogP contribution is -2.42. The minimum atomic E-state index is -1.05. The zero-order valence-electron chi connectivity index (χ0n) is 12.0. The quantitative estimate of drug-likeness (QED) is 0.741. The van der Waals surface area contributed by atoms with Crippen LogP contribution >= 0.6 is 0 Å². The number of hydrogen-bond acceptors (Lipinski definition) is 5. The van der Waals surface area contributed by atoms with E-state index >= 15 is 0 Å².